The normalized spacial score (nSPS) is 18.5. The Bertz CT molecular complexity index is 785. The van der Waals surface area contributed by atoms with E-state index in [0.717, 1.165) is 17.7 Å². The molecular weight excluding hydrogens is 304 g/mol. The minimum atomic E-state index is -3.20. The fourth-order valence-corrected chi connectivity index (χ4v) is 3.89. The van der Waals surface area contributed by atoms with Crippen molar-refractivity contribution in [1.82, 2.24) is 19.4 Å². The molecule has 3 rings (SSSR count). The molecule has 8 heteroatoms. The molecule has 0 atom stereocenters. The van der Waals surface area contributed by atoms with E-state index in [1.165, 1.54) is 4.31 Å². The van der Waals surface area contributed by atoms with Gasteiger partial charge in [-0.25, -0.2) is 13.4 Å². The average Bonchev–Trinajstić information content (AvgIpc) is 2.93. The zero-order valence-electron chi connectivity index (χ0n) is 12.6. The Morgan fingerprint density at radius 2 is 2.05 bits per heavy atom. The van der Waals surface area contributed by atoms with Crippen LogP contribution in [0.15, 0.2) is 16.7 Å². The highest BCUT2D eigenvalue weighted by Crippen LogP contribution is 2.19. The fraction of sp³-hybridized carbons (Fsp3) is 0.500. The van der Waals surface area contributed by atoms with Crippen LogP contribution < -0.4 is 0 Å². The van der Waals surface area contributed by atoms with Crippen LogP contribution in [0.1, 0.15) is 30.0 Å². The topological polar surface area (TPSA) is 89.2 Å². The van der Waals surface area contributed by atoms with Gasteiger partial charge < -0.3 is 4.52 Å². The zero-order chi connectivity index (χ0) is 15.7. The van der Waals surface area contributed by atoms with E-state index < -0.39 is 10.0 Å². The molecule has 3 heterocycles. The van der Waals surface area contributed by atoms with Crippen LogP contribution in [0.3, 0.4) is 0 Å². The Hall–Kier alpha value is -1.80. The van der Waals surface area contributed by atoms with E-state index in [0.29, 0.717) is 30.4 Å². The molecule has 0 amide bonds. The van der Waals surface area contributed by atoms with Gasteiger partial charge in [-0.1, -0.05) is 11.2 Å². The summed E-state index contributed by atoms with van der Waals surface area (Å²) in [6, 6.07) is 3.78. The van der Waals surface area contributed by atoms with Gasteiger partial charge in [0.25, 0.3) is 0 Å². The predicted octanol–water partition coefficient (Wildman–Crippen LogP) is 1.67. The Balaban J connectivity index is 1.80. The minimum absolute atomic E-state index is 0.125. The van der Waals surface area contributed by atoms with Crippen LogP contribution in [0.2, 0.25) is 0 Å². The lowest BCUT2D eigenvalue weighted by atomic mass is 10.2. The molecule has 1 fully saturated rings. The van der Waals surface area contributed by atoms with Crippen molar-refractivity contribution in [3.8, 4) is 11.5 Å². The van der Waals surface area contributed by atoms with Crippen LogP contribution in [0.4, 0.5) is 0 Å². The van der Waals surface area contributed by atoms with E-state index in [9.17, 15) is 8.42 Å². The van der Waals surface area contributed by atoms with Crippen LogP contribution in [0.25, 0.3) is 11.5 Å². The van der Waals surface area contributed by atoms with E-state index in [2.05, 4.69) is 15.1 Å². The number of hydrogen-bond donors (Lipinski definition) is 0. The van der Waals surface area contributed by atoms with Crippen molar-refractivity contribution in [2.24, 2.45) is 0 Å². The summed E-state index contributed by atoms with van der Waals surface area (Å²) in [4.78, 5) is 8.68. The molecular formula is C14H18N4O3S. The predicted molar refractivity (Wildman–Crippen MR) is 80.4 cm³/mol. The van der Waals surface area contributed by atoms with Gasteiger partial charge in [0, 0.05) is 12.2 Å². The highest BCUT2D eigenvalue weighted by molar-refractivity contribution is 7.89. The Labute approximate surface area is 129 Å². The minimum Gasteiger partial charge on any atom is -0.337 e. The number of rotatable bonds is 3. The van der Waals surface area contributed by atoms with Crippen molar-refractivity contribution in [3.63, 3.8) is 0 Å². The lowest BCUT2D eigenvalue weighted by molar-refractivity contribution is 0.305. The number of aryl methyl sites for hydroxylation is 2. The lowest BCUT2D eigenvalue weighted by Crippen LogP contribution is -2.37. The lowest BCUT2D eigenvalue weighted by Gasteiger charge is -2.24. The van der Waals surface area contributed by atoms with Crippen LogP contribution in [0, 0.1) is 13.8 Å². The van der Waals surface area contributed by atoms with Gasteiger partial charge in [-0.2, -0.15) is 9.29 Å². The molecule has 7 nitrogen and oxygen atoms in total. The largest absolute Gasteiger partial charge is 0.337 e. The smallest absolute Gasteiger partial charge is 0.242 e. The molecule has 0 unspecified atom stereocenters. The standard InChI is InChI=1S/C14H18N4O3S/c1-10-5-6-12(15-11(10)2)14-16-13(21-17-14)9-18-7-3-4-8-22(18,19)20/h5-6H,3-4,7-9H2,1-2H3. The summed E-state index contributed by atoms with van der Waals surface area (Å²) in [5.41, 5.74) is 2.62. The number of sulfonamides is 1. The van der Waals surface area contributed by atoms with Crippen molar-refractivity contribution >= 4 is 10.0 Å². The zero-order valence-corrected chi connectivity index (χ0v) is 13.4. The maximum Gasteiger partial charge on any atom is 0.242 e. The molecule has 0 aromatic carbocycles. The van der Waals surface area contributed by atoms with Crippen molar-refractivity contribution in [2.75, 3.05) is 12.3 Å². The molecule has 0 radical (unpaired) electrons. The molecule has 0 saturated carbocycles. The Morgan fingerprint density at radius 3 is 2.77 bits per heavy atom. The molecule has 118 valence electrons. The van der Waals surface area contributed by atoms with Crippen molar-refractivity contribution in [3.05, 3.63) is 29.3 Å². The van der Waals surface area contributed by atoms with Crippen molar-refractivity contribution < 1.29 is 12.9 Å². The molecule has 1 aliphatic rings. The first-order valence-electron chi connectivity index (χ1n) is 7.21. The summed E-state index contributed by atoms with van der Waals surface area (Å²) in [6.07, 6.45) is 1.57. The first-order chi connectivity index (χ1) is 10.5. The van der Waals surface area contributed by atoms with E-state index in [1.807, 2.05) is 26.0 Å². The third-order valence-electron chi connectivity index (χ3n) is 3.81. The van der Waals surface area contributed by atoms with Gasteiger partial charge in [-0.05, 0) is 38.3 Å². The SMILES string of the molecule is Cc1ccc(-c2noc(CN3CCCCS3(=O)=O)n2)nc1C. The Kier molecular flexibility index (Phi) is 3.96. The molecule has 2 aromatic rings. The first kappa shape index (κ1) is 15.1. The molecule has 22 heavy (non-hydrogen) atoms. The van der Waals surface area contributed by atoms with Gasteiger partial charge in [0.05, 0.1) is 12.3 Å². The summed E-state index contributed by atoms with van der Waals surface area (Å²) in [7, 11) is -3.20. The fourth-order valence-electron chi connectivity index (χ4n) is 2.35. The summed E-state index contributed by atoms with van der Waals surface area (Å²) in [5.74, 6) is 0.861. The van der Waals surface area contributed by atoms with Gasteiger partial charge in [0.1, 0.15) is 5.69 Å². The second kappa shape index (κ2) is 5.77. The molecule has 2 aromatic heterocycles. The van der Waals surface area contributed by atoms with Crippen LogP contribution in [0.5, 0.6) is 0 Å². The van der Waals surface area contributed by atoms with Gasteiger partial charge in [0.15, 0.2) is 0 Å². The number of hydrogen-bond acceptors (Lipinski definition) is 6. The summed E-state index contributed by atoms with van der Waals surface area (Å²) >= 11 is 0. The van der Waals surface area contributed by atoms with Gasteiger partial charge in [-0.15, -0.1) is 0 Å². The molecule has 0 N–H and O–H groups in total. The van der Waals surface area contributed by atoms with Gasteiger partial charge in [0.2, 0.25) is 21.7 Å². The molecule has 0 aliphatic carbocycles. The van der Waals surface area contributed by atoms with Crippen LogP contribution in [-0.2, 0) is 16.6 Å². The van der Waals surface area contributed by atoms with Crippen molar-refractivity contribution in [2.45, 2.75) is 33.2 Å². The quantitative estimate of drug-likeness (QED) is 0.854. The van der Waals surface area contributed by atoms with E-state index >= 15 is 0 Å². The maximum atomic E-state index is 12.0. The van der Waals surface area contributed by atoms with Crippen LogP contribution >= 0.6 is 0 Å². The maximum absolute atomic E-state index is 12.0. The van der Waals surface area contributed by atoms with E-state index in [4.69, 9.17) is 4.52 Å². The highest BCUT2D eigenvalue weighted by Gasteiger charge is 2.27. The van der Waals surface area contributed by atoms with Crippen molar-refractivity contribution in [1.29, 1.82) is 0 Å². The number of pyridine rings is 1. The molecule has 1 aliphatic heterocycles. The summed E-state index contributed by atoms with van der Waals surface area (Å²) in [5, 5.41) is 3.90. The summed E-state index contributed by atoms with van der Waals surface area (Å²) < 4.78 is 30.5. The number of nitrogens with zero attached hydrogens (tertiary/aromatic N) is 4. The second-order valence-corrected chi connectivity index (χ2v) is 7.56. The molecule has 0 spiro atoms. The van der Waals surface area contributed by atoms with E-state index in [-0.39, 0.29) is 12.3 Å². The molecule has 1 saturated heterocycles. The summed E-state index contributed by atoms with van der Waals surface area (Å²) in [6.45, 7) is 4.53. The van der Waals surface area contributed by atoms with E-state index in [1.54, 1.807) is 0 Å². The highest BCUT2D eigenvalue weighted by atomic mass is 32.2. The first-order valence-corrected chi connectivity index (χ1v) is 8.82. The van der Waals surface area contributed by atoms with Gasteiger partial charge >= 0.3 is 0 Å². The Morgan fingerprint density at radius 1 is 1.23 bits per heavy atom. The molecule has 0 bridgehead atoms. The third kappa shape index (κ3) is 3.02. The monoisotopic (exact) mass is 322 g/mol. The van der Waals surface area contributed by atoms with Gasteiger partial charge in [-0.3, -0.25) is 0 Å². The third-order valence-corrected chi connectivity index (χ3v) is 5.72. The number of aromatic nitrogens is 3. The van der Waals surface area contributed by atoms with Crippen LogP contribution in [-0.4, -0.2) is 40.1 Å². The average molecular weight is 322 g/mol. The second-order valence-electron chi connectivity index (χ2n) is 5.47.